The second-order valence-electron chi connectivity index (χ2n) is 5.18. The molecule has 1 aliphatic heterocycles. The Morgan fingerprint density at radius 3 is 2.68 bits per heavy atom. The molecule has 110 valence electrons. The van der Waals surface area contributed by atoms with Gasteiger partial charge in [0.1, 0.15) is 6.04 Å². The molecule has 1 fully saturated rings. The summed E-state index contributed by atoms with van der Waals surface area (Å²) in [6.07, 6.45) is 2.78. The average molecular weight is 272 g/mol. The van der Waals surface area contributed by atoms with Gasteiger partial charge in [-0.1, -0.05) is 20.3 Å². The first-order valence-electron chi connectivity index (χ1n) is 6.86. The fraction of sp³-hybridized carbons (Fsp3) is 0.846. The van der Waals surface area contributed by atoms with E-state index >= 15 is 0 Å². The zero-order chi connectivity index (χ0) is 14.4. The largest absolute Gasteiger partial charge is 0.480 e. The second kappa shape index (κ2) is 7.45. The number of nitrogens with two attached hydrogens (primary N) is 1. The highest BCUT2D eigenvalue weighted by molar-refractivity contribution is 5.86. The summed E-state index contributed by atoms with van der Waals surface area (Å²) in [4.78, 5) is 23.1. The molecule has 0 aromatic heterocycles. The highest BCUT2D eigenvalue weighted by atomic mass is 16.5. The topological polar surface area (TPSA) is 102 Å². The molecule has 1 saturated heterocycles. The monoisotopic (exact) mass is 272 g/mol. The predicted molar refractivity (Wildman–Crippen MR) is 70.6 cm³/mol. The molecule has 0 bridgehead atoms. The van der Waals surface area contributed by atoms with Crippen molar-refractivity contribution < 1.29 is 19.4 Å². The van der Waals surface area contributed by atoms with Crippen LogP contribution in [-0.4, -0.2) is 41.8 Å². The number of carboxylic acids is 1. The van der Waals surface area contributed by atoms with Crippen molar-refractivity contribution in [1.82, 2.24) is 5.32 Å². The van der Waals surface area contributed by atoms with Crippen LogP contribution in [0, 0.1) is 5.92 Å². The third-order valence-corrected chi connectivity index (χ3v) is 3.70. The zero-order valence-corrected chi connectivity index (χ0v) is 11.6. The van der Waals surface area contributed by atoms with Crippen LogP contribution in [0.5, 0.6) is 0 Å². The quantitative estimate of drug-likeness (QED) is 0.626. The molecule has 0 aromatic rings. The molecule has 0 aliphatic carbocycles. The minimum atomic E-state index is -1.04. The number of aliphatic carboxylic acids is 1. The van der Waals surface area contributed by atoms with Crippen LogP contribution in [0.4, 0.5) is 0 Å². The molecule has 0 radical (unpaired) electrons. The summed E-state index contributed by atoms with van der Waals surface area (Å²) in [6.45, 7) is 4.48. The number of carbonyl (C=O) groups is 2. The van der Waals surface area contributed by atoms with Gasteiger partial charge in [-0.05, 0) is 18.8 Å². The summed E-state index contributed by atoms with van der Waals surface area (Å²) >= 11 is 0. The Labute approximate surface area is 113 Å². The van der Waals surface area contributed by atoms with E-state index < -0.39 is 24.0 Å². The van der Waals surface area contributed by atoms with Crippen molar-refractivity contribution in [2.45, 2.75) is 57.7 Å². The van der Waals surface area contributed by atoms with Crippen molar-refractivity contribution in [2.75, 3.05) is 6.61 Å². The van der Waals surface area contributed by atoms with Crippen molar-refractivity contribution in [3.8, 4) is 0 Å². The second-order valence-corrected chi connectivity index (χ2v) is 5.18. The lowest BCUT2D eigenvalue weighted by Gasteiger charge is -2.22. The van der Waals surface area contributed by atoms with Crippen molar-refractivity contribution in [2.24, 2.45) is 11.7 Å². The van der Waals surface area contributed by atoms with E-state index in [9.17, 15) is 9.59 Å². The van der Waals surface area contributed by atoms with E-state index in [0.29, 0.717) is 13.0 Å². The minimum absolute atomic E-state index is 0.0252. The smallest absolute Gasteiger partial charge is 0.326 e. The van der Waals surface area contributed by atoms with Gasteiger partial charge < -0.3 is 20.9 Å². The third kappa shape index (κ3) is 4.80. The number of rotatable bonds is 7. The van der Waals surface area contributed by atoms with Crippen LogP contribution in [0.15, 0.2) is 0 Å². The van der Waals surface area contributed by atoms with E-state index in [1.165, 1.54) is 0 Å². The summed E-state index contributed by atoms with van der Waals surface area (Å²) in [6, 6.07) is -1.60. The van der Waals surface area contributed by atoms with E-state index in [1.54, 1.807) is 0 Å². The van der Waals surface area contributed by atoms with Crippen LogP contribution < -0.4 is 11.1 Å². The van der Waals surface area contributed by atoms with E-state index in [1.807, 2.05) is 13.8 Å². The summed E-state index contributed by atoms with van der Waals surface area (Å²) in [5, 5.41) is 11.7. The van der Waals surface area contributed by atoms with Crippen LogP contribution in [0.1, 0.15) is 39.5 Å². The van der Waals surface area contributed by atoms with Crippen LogP contribution >= 0.6 is 0 Å². The Morgan fingerprint density at radius 1 is 1.53 bits per heavy atom. The fourth-order valence-electron chi connectivity index (χ4n) is 2.09. The maximum Gasteiger partial charge on any atom is 0.326 e. The van der Waals surface area contributed by atoms with E-state index in [4.69, 9.17) is 15.6 Å². The Hall–Kier alpha value is -1.14. The van der Waals surface area contributed by atoms with Gasteiger partial charge in [0.05, 0.1) is 12.1 Å². The average Bonchev–Trinajstić information content (AvgIpc) is 2.88. The lowest BCUT2D eigenvalue weighted by Crippen LogP contribution is -2.51. The first-order valence-corrected chi connectivity index (χ1v) is 6.86. The Morgan fingerprint density at radius 2 is 2.21 bits per heavy atom. The van der Waals surface area contributed by atoms with Crippen molar-refractivity contribution in [1.29, 1.82) is 0 Å². The zero-order valence-electron chi connectivity index (χ0n) is 11.6. The molecule has 19 heavy (non-hydrogen) atoms. The van der Waals surface area contributed by atoms with Crippen LogP contribution in [0.25, 0.3) is 0 Å². The third-order valence-electron chi connectivity index (χ3n) is 3.70. The van der Waals surface area contributed by atoms with E-state index in [0.717, 1.165) is 19.3 Å². The maximum atomic E-state index is 11.9. The molecule has 1 amide bonds. The number of nitrogens with one attached hydrogen (secondary N) is 1. The van der Waals surface area contributed by atoms with E-state index in [-0.39, 0.29) is 12.0 Å². The van der Waals surface area contributed by atoms with Gasteiger partial charge in [-0.3, -0.25) is 4.79 Å². The van der Waals surface area contributed by atoms with Crippen molar-refractivity contribution >= 4 is 11.9 Å². The van der Waals surface area contributed by atoms with Crippen LogP contribution in [0.2, 0.25) is 0 Å². The first kappa shape index (κ1) is 15.9. The molecule has 4 N–H and O–H groups in total. The number of ether oxygens (including phenoxy) is 1. The lowest BCUT2D eigenvalue weighted by molar-refractivity contribution is -0.143. The summed E-state index contributed by atoms with van der Waals surface area (Å²) < 4.78 is 5.40. The molecule has 2 unspecified atom stereocenters. The summed E-state index contributed by atoms with van der Waals surface area (Å²) in [5.41, 5.74) is 5.79. The normalized spacial score (nSPS) is 23.6. The summed E-state index contributed by atoms with van der Waals surface area (Å²) in [5.74, 6) is -1.42. The maximum absolute atomic E-state index is 11.9. The molecular weight excluding hydrogens is 248 g/mol. The van der Waals surface area contributed by atoms with E-state index in [2.05, 4.69) is 5.32 Å². The molecule has 1 heterocycles. The number of carbonyl (C=O) groups excluding carboxylic acids is 1. The van der Waals surface area contributed by atoms with Gasteiger partial charge in [0.25, 0.3) is 0 Å². The number of hydrogen-bond acceptors (Lipinski definition) is 4. The van der Waals surface area contributed by atoms with Gasteiger partial charge in [0.2, 0.25) is 5.91 Å². The molecular formula is C13H24N2O4. The van der Waals surface area contributed by atoms with Crippen LogP contribution in [0.3, 0.4) is 0 Å². The molecule has 0 spiro atoms. The standard InChI is InChI=1S/C13H24N2O4/c1-3-8(2)11(14)12(16)15-10(13(17)18)7-9-5-4-6-19-9/h8-11H,3-7,14H2,1-2H3,(H,15,16)(H,17,18)/t8?,9?,10-,11-/m0/s1. The van der Waals surface area contributed by atoms with Gasteiger partial charge in [0.15, 0.2) is 0 Å². The Kier molecular flexibility index (Phi) is 6.24. The number of carboxylic acid groups (broad SMARTS) is 1. The lowest BCUT2D eigenvalue weighted by atomic mass is 9.98. The highest BCUT2D eigenvalue weighted by Crippen LogP contribution is 2.17. The van der Waals surface area contributed by atoms with Gasteiger partial charge in [-0.25, -0.2) is 4.79 Å². The number of amides is 1. The predicted octanol–water partition coefficient (Wildman–Crippen LogP) is 0.498. The molecule has 0 saturated carbocycles. The SMILES string of the molecule is CCC(C)[C@H](N)C(=O)N[C@@H](CC1CCCO1)C(=O)O. The Balaban J connectivity index is 2.52. The molecule has 6 nitrogen and oxygen atoms in total. The molecule has 1 aliphatic rings. The van der Waals surface area contributed by atoms with Crippen molar-refractivity contribution in [3.05, 3.63) is 0 Å². The summed E-state index contributed by atoms with van der Waals surface area (Å²) in [7, 11) is 0. The molecule has 6 heteroatoms. The molecule has 1 rings (SSSR count). The van der Waals surface area contributed by atoms with Crippen LogP contribution in [-0.2, 0) is 14.3 Å². The van der Waals surface area contributed by atoms with Gasteiger partial charge >= 0.3 is 5.97 Å². The molecule has 0 aromatic carbocycles. The number of hydrogen-bond donors (Lipinski definition) is 3. The highest BCUT2D eigenvalue weighted by Gasteiger charge is 2.29. The Bertz CT molecular complexity index is 316. The van der Waals surface area contributed by atoms with Gasteiger partial charge in [-0.15, -0.1) is 0 Å². The van der Waals surface area contributed by atoms with Gasteiger partial charge in [-0.2, -0.15) is 0 Å². The minimum Gasteiger partial charge on any atom is -0.480 e. The molecule has 4 atom stereocenters. The first-order chi connectivity index (χ1) is 8.95. The van der Waals surface area contributed by atoms with Crippen molar-refractivity contribution in [3.63, 3.8) is 0 Å². The van der Waals surface area contributed by atoms with Gasteiger partial charge in [0, 0.05) is 13.0 Å². The fourth-order valence-corrected chi connectivity index (χ4v) is 2.09.